The second-order valence-electron chi connectivity index (χ2n) is 6.70. The fourth-order valence-electron chi connectivity index (χ4n) is 2.44. The number of nitrogens with zero attached hydrogens (tertiary/aromatic N) is 4. The third kappa shape index (κ3) is 3.01. The molecular formula is C16H20N6OS. The molecule has 0 bridgehead atoms. The standard InChI is InChI=1S/C16H20N6OS/c1-9-6-5-7-10-12(9)18-11(19-13(10)23)8-24-15-21-20-14(22(15)17)16(2,3)4/h5-7H,8,17H2,1-4H3,(H,18,19,23). The molecule has 1 aromatic carbocycles. The number of para-hydroxylation sites is 1. The average molecular weight is 344 g/mol. The molecule has 0 atom stereocenters. The Kier molecular flexibility index (Phi) is 4.08. The van der Waals surface area contributed by atoms with Gasteiger partial charge in [-0.2, -0.15) is 0 Å². The fourth-order valence-corrected chi connectivity index (χ4v) is 3.17. The Morgan fingerprint density at radius 2 is 2.04 bits per heavy atom. The van der Waals surface area contributed by atoms with Crippen LogP contribution in [-0.4, -0.2) is 24.8 Å². The molecule has 0 aliphatic carbocycles. The molecule has 2 aromatic heterocycles. The SMILES string of the molecule is Cc1cccc2c(=O)[nH]c(CSc3nnc(C(C)(C)C)n3N)nc12. The normalized spacial score (nSPS) is 12.0. The van der Waals surface area contributed by atoms with Crippen LogP contribution in [-0.2, 0) is 11.2 Å². The van der Waals surface area contributed by atoms with E-state index in [1.165, 1.54) is 16.4 Å². The molecule has 0 amide bonds. The monoisotopic (exact) mass is 344 g/mol. The third-order valence-corrected chi connectivity index (χ3v) is 4.61. The first kappa shape index (κ1) is 16.5. The van der Waals surface area contributed by atoms with Gasteiger partial charge in [0.25, 0.3) is 5.56 Å². The van der Waals surface area contributed by atoms with Gasteiger partial charge in [-0.1, -0.05) is 44.7 Å². The Bertz CT molecular complexity index is 953. The van der Waals surface area contributed by atoms with Crippen LogP contribution in [0.25, 0.3) is 10.9 Å². The van der Waals surface area contributed by atoms with Crippen molar-refractivity contribution in [3.05, 3.63) is 45.8 Å². The molecule has 126 valence electrons. The Labute approximate surface area is 143 Å². The van der Waals surface area contributed by atoms with E-state index in [1.54, 1.807) is 6.07 Å². The van der Waals surface area contributed by atoms with Gasteiger partial charge in [-0.15, -0.1) is 10.2 Å². The van der Waals surface area contributed by atoms with Crippen molar-refractivity contribution in [2.45, 2.75) is 44.0 Å². The maximum Gasteiger partial charge on any atom is 0.258 e. The summed E-state index contributed by atoms with van der Waals surface area (Å²) in [5, 5.41) is 9.47. The zero-order valence-electron chi connectivity index (χ0n) is 14.1. The van der Waals surface area contributed by atoms with E-state index in [2.05, 4.69) is 20.2 Å². The first-order valence-electron chi connectivity index (χ1n) is 7.59. The molecule has 0 spiro atoms. The Morgan fingerprint density at radius 1 is 1.29 bits per heavy atom. The largest absolute Gasteiger partial charge is 0.336 e. The van der Waals surface area contributed by atoms with Gasteiger partial charge in [0.05, 0.1) is 16.7 Å². The lowest BCUT2D eigenvalue weighted by Crippen LogP contribution is -2.24. The van der Waals surface area contributed by atoms with Crippen LogP contribution in [0.4, 0.5) is 0 Å². The second kappa shape index (κ2) is 5.94. The minimum absolute atomic E-state index is 0.135. The van der Waals surface area contributed by atoms with Gasteiger partial charge >= 0.3 is 0 Å². The molecule has 3 N–H and O–H groups in total. The number of benzene rings is 1. The van der Waals surface area contributed by atoms with Crippen molar-refractivity contribution >= 4 is 22.7 Å². The van der Waals surface area contributed by atoms with E-state index in [9.17, 15) is 4.79 Å². The van der Waals surface area contributed by atoms with Crippen molar-refractivity contribution in [2.24, 2.45) is 0 Å². The third-order valence-electron chi connectivity index (χ3n) is 3.66. The Balaban J connectivity index is 1.88. The van der Waals surface area contributed by atoms with E-state index in [0.29, 0.717) is 27.9 Å². The van der Waals surface area contributed by atoms with E-state index >= 15 is 0 Å². The minimum atomic E-state index is -0.187. The first-order valence-corrected chi connectivity index (χ1v) is 8.58. The van der Waals surface area contributed by atoms with Crippen molar-refractivity contribution in [3.63, 3.8) is 0 Å². The Morgan fingerprint density at radius 3 is 2.71 bits per heavy atom. The van der Waals surface area contributed by atoms with Crippen LogP contribution in [0.1, 0.15) is 38.0 Å². The quantitative estimate of drug-likeness (QED) is 0.557. The van der Waals surface area contributed by atoms with Crippen molar-refractivity contribution in [3.8, 4) is 0 Å². The van der Waals surface area contributed by atoms with Crippen LogP contribution in [0, 0.1) is 6.92 Å². The number of H-pyrrole nitrogens is 1. The van der Waals surface area contributed by atoms with E-state index < -0.39 is 0 Å². The summed E-state index contributed by atoms with van der Waals surface area (Å²) < 4.78 is 1.50. The molecule has 0 radical (unpaired) electrons. The number of aromatic nitrogens is 5. The molecular weight excluding hydrogens is 324 g/mol. The van der Waals surface area contributed by atoms with E-state index in [-0.39, 0.29) is 11.0 Å². The van der Waals surface area contributed by atoms with Gasteiger partial charge in [0.15, 0.2) is 5.82 Å². The number of nitrogen functional groups attached to an aromatic ring is 1. The molecule has 0 aliphatic heterocycles. The number of aromatic amines is 1. The van der Waals surface area contributed by atoms with Crippen LogP contribution >= 0.6 is 11.8 Å². The zero-order valence-corrected chi connectivity index (χ0v) is 14.9. The molecule has 0 unspecified atom stereocenters. The van der Waals surface area contributed by atoms with Crippen LogP contribution in [0.15, 0.2) is 28.2 Å². The number of thioether (sulfide) groups is 1. The number of hydrogen-bond acceptors (Lipinski definition) is 6. The topological polar surface area (TPSA) is 102 Å². The van der Waals surface area contributed by atoms with Gasteiger partial charge in [-0.3, -0.25) is 4.79 Å². The summed E-state index contributed by atoms with van der Waals surface area (Å²) in [4.78, 5) is 19.6. The van der Waals surface area contributed by atoms with Gasteiger partial charge in [-0.25, -0.2) is 9.66 Å². The van der Waals surface area contributed by atoms with Crippen molar-refractivity contribution in [1.29, 1.82) is 0 Å². The molecule has 24 heavy (non-hydrogen) atoms. The summed E-state index contributed by atoms with van der Waals surface area (Å²) in [5.41, 5.74) is 1.37. The number of aryl methyl sites for hydroxylation is 1. The summed E-state index contributed by atoms with van der Waals surface area (Å²) in [5.74, 6) is 7.83. The lowest BCUT2D eigenvalue weighted by Gasteiger charge is -2.16. The number of hydrogen-bond donors (Lipinski definition) is 2. The number of fused-ring (bicyclic) bond motifs is 1. The van der Waals surface area contributed by atoms with Crippen molar-refractivity contribution < 1.29 is 0 Å². The van der Waals surface area contributed by atoms with Crippen LogP contribution in [0.3, 0.4) is 0 Å². The zero-order chi connectivity index (χ0) is 17.5. The van der Waals surface area contributed by atoms with Gasteiger partial charge in [0.2, 0.25) is 5.16 Å². The summed E-state index contributed by atoms with van der Waals surface area (Å²) in [7, 11) is 0. The average Bonchev–Trinajstić information content (AvgIpc) is 2.87. The molecule has 3 aromatic rings. The number of nitrogens with two attached hydrogens (primary N) is 1. The smallest absolute Gasteiger partial charge is 0.258 e. The molecule has 0 fully saturated rings. The van der Waals surface area contributed by atoms with E-state index in [0.717, 1.165) is 11.1 Å². The highest BCUT2D eigenvalue weighted by Gasteiger charge is 2.23. The summed E-state index contributed by atoms with van der Waals surface area (Å²) in [6.07, 6.45) is 0. The number of nitrogens with one attached hydrogen (secondary N) is 1. The van der Waals surface area contributed by atoms with Gasteiger partial charge in [-0.05, 0) is 18.6 Å². The highest BCUT2D eigenvalue weighted by Crippen LogP contribution is 2.24. The molecule has 0 aliphatic rings. The molecule has 8 heteroatoms. The minimum Gasteiger partial charge on any atom is -0.336 e. The lowest BCUT2D eigenvalue weighted by molar-refractivity contribution is 0.523. The maximum atomic E-state index is 12.2. The predicted octanol–water partition coefficient (Wildman–Crippen LogP) is 2.13. The van der Waals surface area contributed by atoms with Gasteiger partial charge in [0.1, 0.15) is 5.82 Å². The summed E-state index contributed by atoms with van der Waals surface area (Å²) in [6, 6.07) is 5.57. The molecule has 0 saturated carbocycles. The lowest BCUT2D eigenvalue weighted by atomic mass is 9.96. The number of rotatable bonds is 3. The highest BCUT2D eigenvalue weighted by molar-refractivity contribution is 7.98. The predicted molar refractivity (Wildman–Crippen MR) is 95.5 cm³/mol. The van der Waals surface area contributed by atoms with Crippen LogP contribution in [0.5, 0.6) is 0 Å². The highest BCUT2D eigenvalue weighted by atomic mass is 32.2. The fraction of sp³-hybridized carbons (Fsp3) is 0.375. The summed E-state index contributed by atoms with van der Waals surface area (Å²) >= 11 is 1.39. The molecule has 3 rings (SSSR count). The van der Waals surface area contributed by atoms with E-state index in [4.69, 9.17) is 5.84 Å². The van der Waals surface area contributed by atoms with Gasteiger partial charge < -0.3 is 10.8 Å². The summed E-state index contributed by atoms with van der Waals surface area (Å²) in [6.45, 7) is 8.03. The maximum absolute atomic E-state index is 12.2. The van der Waals surface area contributed by atoms with Crippen LogP contribution < -0.4 is 11.4 Å². The molecule has 0 saturated heterocycles. The van der Waals surface area contributed by atoms with Crippen molar-refractivity contribution in [2.75, 3.05) is 5.84 Å². The van der Waals surface area contributed by atoms with E-state index in [1.807, 2.05) is 39.8 Å². The Hall–Kier alpha value is -2.35. The van der Waals surface area contributed by atoms with Crippen LogP contribution in [0.2, 0.25) is 0 Å². The first-order chi connectivity index (χ1) is 11.3. The second-order valence-corrected chi connectivity index (χ2v) is 7.64. The molecule has 2 heterocycles. The molecule has 7 nitrogen and oxygen atoms in total. The van der Waals surface area contributed by atoms with Gasteiger partial charge in [0, 0.05) is 5.41 Å². The van der Waals surface area contributed by atoms with Crippen molar-refractivity contribution in [1.82, 2.24) is 24.8 Å².